The second-order valence-corrected chi connectivity index (χ2v) is 5.42. The van der Waals surface area contributed by atoms with Crippen LogP contribution in [0.2, 0.25) is 0 Å². The highest BCUT2D eigenvalue weighted by molar-refractivity contribution is 5.77. The molecular formula is C19H15N3O3. The van der Waals surface area contributed by atoms with Gasteiger partial charge < -0.3 is 20.6 Å². The normalized spacial score (nSPS) is 10.2. The summed E-state index contributed by atoms with van der Waals surface area (Å²) in [5, 5.41) is 19.3. The third-order valence-electron chi connectivity index (χ3n) is 3.86. The van der Waals surface area contributed by atoms with E-state index in [1.54, 1.807) is 42.5 Å². The molecule has 0 aliphatic carbocycles. The first-order valence-corrected chi connectivity index (χ1v) is 7.44. The summed E-state index contributed by atoms with van der Waals surface area (Å²) in [7, 11) is 1.45. The van der Waals surface area contributed by atoms with E-state index >= 15 is 0 Å². The molecule has 0 amide bonds. The molecule has 6 nitrogen and oxygen atoms in total. The maximum absolute atomic E-state index is 12.3. The maximum Gasteiger partial charge on any atom is 0.266 e. The predicted octanol–water partition coefficient (Wildman–Crippen LogP) is 2.88. The summed E-state index contributed by atoms with van der Waals surface area (Å²) in [5.74, 6) is 0.240. The van der Waals surface area contributed by atoms with Gasteiger partial charge in [-0.15, -0.1) is 0 Å². The van der Waals surface area contributed by atoms with Gasteiger partial charge in [-0.3, -0.25) is 4.79 Å². The number of phenols is 1. The van der Waals surface area contributed by atoms with Crippen molar-refractivity contribution in [2.75, 3.05) is 12.8 Å². The Bertz CT molecular complexity index is 1030. The molecule has 0 bridgehead atoms. The van der Waals surface area contributed by atoms with Crippen molar-refractivity contribution in [1.82, 2.24) is 4.98 Å². The molecular weight excluding hydrogens is 318 g/mol. The number of nitrogens with zero attached hydrogens (tertiary/aromatic N) is 1. The van der Waals surface area contributed by atoms with Gasteiger partial charge in [0.05, 0.1) is 7.11 Å². The van der Waals surface area contributed by atoms with Crippen LogP contribution in [0.1, 0.15) is 5.56 Å². The van der Waals surface area contributed by atoms with Gasteiger partial charge in [-0.2, -0.15) is 5.26 Å². The Kier molecular flexibility index (Phi) is 4.14. The largest absolute Gasteiger partial charge is 0.504 e. The van der Waals surface area contributed by atoms with E-state index in [0.29, 0.717) is 28.3 Å². The molecule has 3 rings (SSSR count). The number of nitrogens with one attached hydrogen (secondary N) is 1. The van der Waals surface area contributed by atoms with Crippen molar-refractivity contribution >= 4 is 5.69 Å². The van der Waals surface area contributed by atoms with E-state index in [9.17, 15) is 15.2 Å². The number of aromatic amines is 1. The highest BCUT2D eigenvalue weighted by Gasteiger charge is 2.14. The molecule has 6 heteroatoms. The molecule has 2 aromatic carbocycles. The molecule has 0 saturated heterocycles. The molecule has 124 valence electrons. The number of nitriles is 1. The minimum Gasteiger partial charge on any atom is -0.504 e. The Morgan fingerprint density at radius 2 is 1.80 bits per heavy atom. The smallest absolute Gasteiger partial charge is 0.266 e. The monoisotopic (exact) mass is 333 g/mol. The molecule has 4 N–H and O–H groups in total. The van der Waals surface area contributed by atoms with Gasteiger partial charge >= 0.3 is 0 Å². The molecule has 1 heterocycles. The molecule has 25 heavy (non-hydrogen) atoms. The Hall–Kier alpha value is -3.72. The number of rotatable bonds is 3. The zero-order valence-electron chi connectivity index (χ0n) is 13.4. The third-order valence-corrected chi connectivity index (χ3v) is 3.86. The van der Waals surface area contributed by atoms with Gasteiger partial charge in [-0.05, 0) is 41.5 Å². The maximum atomic E-state index is 12.3. The molecule has 0 atom stereocenters. The second-order valence-electron chi connectivity index (χ2n) is 5.42. The number of methoxy groups -OCH3 is 1. The topological polar surface area (TPSA) is 112 Å². The number of aromatic hydroxyl groups is 1. The summed E-state index contributed by atoms with van der Waals surface area (Å²) < 4.78 is 5.03. The average molecular weight is 333 g/mol. The number of hydrogen-bond acceptors (Lipinski definition) is 5. The fourth-order valence-electron chi connectivity index (χ4n) is 2.57. The molecule has 0 saturated carbocycles. The van der Waals surface area contributed by atoms with Crippen molar-refractivity contribution in [2.45, 2.75) is 0 Å². The van der Waals surface area contributed by atoms with Crippen molar-refractivity contribution in [3.63, 3.8) is 0 Å². The van der Waals surface area contributed by atoms with Crippen LogP contribution in [0, 0.1) is 11.3 Å². The molecule has 0 fully saturated rings. The van der Waals surface area contributed by atoms with Crippen LogP contribution < -0.4 is 16.0 Å². The summed E-state index contributed by atoms with van der Waals surface area (Å²) >= 11 is 0. The van der Waals surface area contributed by atoms with E-state index in [2.05, 4.69) is 4.98 Å². The first-order chi connectivity index (χ1) is 12.0. The highest BCUT2D eigenvalue weighted by Crippen LogP contribution is 2.33. The van der Waals surface area contributed by atoms with Crippen LogP contribution in [0.4, 0.5) is 5.69 Å². The number of benzene rings is 2. The minimum absolute atomic E-state index is 0.0243. The second kappa shape index (κ2) is 6.42. The van der Waals surface area contributed by atoms with Crippen molar-refractivity contribution in [2.24, 2.45) is 0 Å². The summed E-state index contributed by atoms with van der Waals surface area (Å²) in [6, 6.07) is 15.4. The van der Waals surface area contributed by atoms with Gasteiger partial charge in [-0.25, -0.2) is 0 Å². The van der Waals surface area contributed by atoms with Crippen LogP contribution in [0.15, 0.2) is 53.3 Å². The van der Waals surface area contributed by atoms with Gasteiger partial charge in [0.15, 0.2) is 11.5 Å². The van der Waals surface area contributed by atoms with E-state index in [-0.39, 0.29) is 11.3 Å². The molecule has 0 aliphatic rings. The Morgan fingerprint density at radius 3 is 2.40 bits per heavy atom. The average Bonchev–Trinajstić information content (AvgIpc) is 2.61. The molecule has 1 aromatic heterocycles. The van der Waals surface area contributed by atoms with Crippen LogP contribution in [-0.4, -0.2) is 17.2 Å². The fourth-order valence-corrected chi connectivity index (χ4v) is 2.57. The lowest BCUT2D eigenvalue weighted by Gasteiger charge is -2.10. The van der Waals surface area contributed by atoms with Gasteiger partial charge in [0.1, 0.15) is 11.6 Å². The van der Waals surface area contributed by atoms with Crippen molar-refractivity contribution in [3.05, 3.63) is 64.4 Å². The lowest BCUT2D eigenvalue weighted by molar-refractivity contribution is 0.373. The number of nitrogen functional groups attached to an aromatic ring is 1. The van der Waals surface area contributed by atoms with Crippen molar-refractivity contribution < 1.29 is 9.84 Å². The number of aromatic nitrogens is 1. The summed E-state index contributed by atoms with van der Waals surface area (Å²) in [6.45, 7) is 0. The summed E-state index contributed by atoms with van der Waals surface area (Å²) in [4.78, 5) is 15.0. The Labute approximate surface area is 143 Å². The molecule has 3 aromatic rings. The SMILES string of the molecule is COc1ccc(-c2cc(-c3ccc(N)cc3)[nH]c(=O)c2C#N)cc1O. The Balaban J connectivity index is 2.21. The minimum atomic E-state index is -0.498. The third kappa shape index (κ3) is 3.03. The van der Waals surface area contributed by atoms with Crippen molar-refractivity contribution in [3.8, 4) is 40.0 Å². The zero-order chi connectivity index (χ0) is 18.0. The van der Waals surface area contributed by atoms with Gasteiger partial charge in [0.25, 0.3) is 5.56 Å². The number of phenolic OH excluding ortho intramolecular Hbond substituents is 1. The highest BCUT2D eigenvalue weighted by atomic mass is 16.5. The number of pyridine rings is 1. The van der Waals surface area contributed by atoms with Gasteiger partial charge in [0.2, 0.25) is 0 Å². The van der Waals surface area contributed by atoms with Crippen LogP contribution in [0.3, 0.4) is 0 Å². The molecule has 0 aliphatic heterocycles. The lowest BCUT2D eigenvalue weighted by Crippen LogP contribution is -2.12. The number of hydrogen-bond donors (Lipinski definition) is 3. The number of ether oxygens (including phenoxy) is 1. The quantitative estimate of drug-likeness (QED) is 0.638. The van der Waals surface area contributed by atoms with E-state index in [1.807, 2.05) is 6.07 Å². The summed E-state index contributed by atoms with van der Waals surface area (Å²) in [6.07, 6.45) is 0. The molecule has 0 spiro atoms. The molecule has 0 unspecified atom stereocenters. The van der Waals surface area contributed by atoms with Crippen LogP contribution in [0.5, 0.6) is 11.5 Å². The first-order valence-electron chi connectivity index (χ1n) is 7.44. The van der Waals surface area contributed by atoms with E-state index in [0.717, 1.165) is 5.56 Å². The number of nitrogens with two attached hydrogens (primary N) is 1. The number of H-pyrrole nitrogens is 1. The van der Waals surface area contributed by atoms with Gasteiger partial charge in [-0.1, -0.05) is 18.2 Å². The molecule has 0 radical (unpaired) electrons. The van der Waals surface area contributed by atoms with Crippen molar-refractivity contribution in [1.29, 1.82) is 5.26 Å². The first kappa shape index (κ1) is 16.1. The van der Waals surface area contributed by atoms with Crippen LogP contribution in [-0.2, 0) is 0 Å². The summed E-state index contributed by atoms with van der Waals surface area (Å²) in [5.41, 5.74) is 8.06. The van der Waals surface area contributed by atoms with Crippen LogP contribution in [0.25, 0.3) is 22.4 Å². The van der Waals surface area contributed by atoms with E-state index in [1.165, 1.54) is 13.2 Å². The predicted molar refractivity (Wildman–Crippen MR) is 95.3 cm³/mol. The van der Waals surface area contributed by atoms with Crippen LogP contribution >= 0.6 is 0 Å². The standard InChI is InChI=1S/C19H15N3O3/c1-25-18-7-4-12(8-17(18)23)14-9-16(22-19(24)15(14)10-20)11-2-5-13(21)6-3-11/h2-9,23H,21H2,1H3,(H,22,24). The zero-order valence-corrected chi connectivity index (χ0v) is 13.4. The lowest BCUT2D eigenvalue weighted by atomic mass is 9.98. The Morgan fingerprint density at radius 1 is 1.12 bits per heavy atom. The number of anilines is 1. The van der Waals surface area contributed by atoms with Gasteiger partial charge in [0, 0.05) is 16.9 Å². The fraction of sp³-hybridized carbons (Fsp3) is 0.0526. The van der Waals surface area contributed by atoms with E-state index < -0.39 is 5.56 Å². The van der Waals surface area contributed by atoms with E-state index in [4.69, 9.17) is 10.5 Å².